The fraction of sp³-hybridized carbons (Fsp3) is 0.778. The minimum atomic E-state index is -0.427. The van der Waals surface area contributed by atoms with Gasteiger partial charge in [-0.3, -0.25) is 9.59 Å². The van der Waals surface area contributed by atoms with Crippen molar-refractivity contribution in [2.75, 3.05) is 0 Å². The first-order valence-corrected chi connectivity index (χ1v) is 4.15. The molecular formula is C9H16O3. The highest BCUT2D eigenvalue weighted by molar-refractivity contribution is 5.96. The summed E-state index contributed by atoms with van der Waals surface area (Å²) in [6, 6.07) is 0. The summed E-state index contributed by atoms with van der Waals surface area (Å²) in [6.45, 7) is 7.06. The average Bonchev–Trinajstić information content (AvgIpc) is 1.84. The van der Waals surface area contributed by atoms with Gasteiger partial charge in [-0.25, -0.2) is 0 Å². The van der Waals surface area contributed by atoms with E-state index in [0.29, 0.717) is 0 Å². The molecule has 0 spiro atoms. The maximum Gasteiger partial charge on any atom is 0.313 e. The number of hydrogen-bond acceptors (Lipinski definition) is 3. The maximum atomic E-state index is 11.0. The summed E-state index contributed by atoms with van der Waals surface area (Å²) in [4.78, 5) is 22.0. The molecule has 0 rings (SSSR count). The van der Waals surface area contributed by atoms with Crippen molar-refractivity contribution >= 4 is 11.8 Å². The minimum Gasteiger partial charge on any atom is -0.463 e. The van der Waals surface area contributed by atoms with Crippen LogP contribution in [0.5, 0.6) is 0 Å². The van der Waals surface area contributed by atoms with Crippen molar-refractivity contribution < 1.29 is 14.3 Å². The molecule has 0 aromatic heterocycles. The Labute approximate surface area is 73.1 Å². The molecule has 12 heavy (non-hydrogen) atoms. The van der Waals surface area contributed by atoms with E-state index in [1.54, 1.807) is 27.7 Å². The predicted molar refractivity (Wildman–Crippen MR) is 45.7 cm³/mol. The summed E-state index contributed by atoms with van der Waals surface area (Å²) in [5, 5.41) is 0. The van der Waals surface area contributed by atoms with Gasteiger partial charge in [-0.05, 0) is 13.8 Å². The predicted octanol–water partition coefficient (Wildman–Crippen LogP) is 1.55. The van der Waals surface area contributed by atoms with Crippen LogP contribution in [-0.4, -0.2) is 17.9 Å². The lowest BCUT2D eigenvalue weighted by Crippen LogP contribution is -2.18. The highest BCUT2D eigenvalue weighted by Crippen LogP contribution is 2.01. The molecule has 0 bridgehead atoms. The minimum absolute atomic E-state index is 0.0688. The standard InChI is InChI=1S/C9H16O3/c1-6(2)8(10)5-9(11)12-7(3)4/h6-7H,5H2,1-4H3. The second-order valence-electron chi connectivity index (χ2n) is 3.34. The number of rotatable bonds is 4. The highest BCUT2D eigenvalue weighted by atomic mass is 16.5. The molecule has 3 heteroatoms. The van der Waals surface area contributed by atoms with Gasteiger partial charge in [-0.15, -0.1) is 0 Å². The summed E-state index contributed by atoms with van der Waals surface area (Å²) in [7, 11) is 0. The van der Waals surface area contributed by atoms with Gasteiger partial charge in [-0.2, -0.15) is 0 Å². The van der Waals surface area contributed by atoms with Crippen LogP contribution >= 0.6 is 0 Å². The van der Waals surface area contributed by atoms with Crippen LogP contribution in [-0.2, 0) is 14.3 Å². The van der Waals surface area contributed by atoms with Crippen molar-refractivity contribution in [3.05, 3.63) is 0 Å². The topological polar surface area (TPSA) is 43.4 Å². The summed E-state index contributed by atoms with van der Waals surface area (Å²) < 4.78 is 4.81. The van der Waals surface area contributed by atoms with Crippen molar-refractivity contribution in [1.82, 2.24) is 0 Å². The third-order valence-corrected chi connectivity index (χ3v) is 1.33. The van der Waals surface area contributed by atoms with Crippen molar-refractivity contribution in [2.24, 2.45) is 5.92 Å². The van der Waals surface area contributed by atoms with Gasteiger partial charge in [0, 0.05) is 5.92 Å². The number of hydrogen-bond donors (Lipinski definition) is 0. The van der Waals surface area contributed by atoms with Gasteiger partial charge in [0.2, 0.25) is 0 Å². The fourth-order valence-corrected chi connectivity index (χ4v) is 0.651. The van der Waals surface area contributed by atoms with E-state index < -0.39 is 5.97 Å². The van der Waals surface area contributed by atoms with Gasteiger partial charge >= 0.3 is 5.97 Å². The Balaban J connectivity index is 3.77. The first-order chi connectivity index (χ1) is 5.43. The van der Waals surface area contributed by atoms with E-state index in [0.717, 1.165) is 0 Å². The van der Waals surface area contributed by atoms with Crippen LogP contribution in [0.4, 0.5) is 0 Å². The lowest BCUT2D eigenvalue weighted by molar-refractivity contribution is -0.149. The monoisotopic (exact) mass is 172 g/mol. The van der Waals surface area contributed by atoms with Crippen molar-refractivity contribution in [3.8, 4) is 0 Å². The molecule has 0 atom stereocenters. The maximum absolute atomic E-state index is 11.0. The Morgan fingerprint density at radius 3 is 2.00 bits per heavy atom. The lowest BCUT2D eigenvalue weighted by atomic mass is 10.1. The van der Waals surface area contributed by atoms with E-state index in [4.69, 9.17) is 4.74 Å². The zero-order valence-electron chi connectivity index (χ0n) is 8.09. The second kappa shape index (κ2) is 4.91. The number of Topliss-reactive ketones (excluding diaryl/α,β-unsaturated/α-hetero) is 1. The van der Waals surface area contributed by atoms with Crippen LogP contribution in [0.25, 0.3) is 0 Å². The summed E-state index contributed by atoms with van der Waals surface area (Å²) in [6.07, 6.45) is -0.243. The molecule has 70 valence electrons. The van der Waals surface area contributed by atoms with E-state index in [-0.39, 0.29) is 24.2 Å². The zero-order valence-corrected chi connectivity index (χ0v) is 8.09. The van der Waals surface area contributed by atoms with Crippen molar-refractivity contribution in [2.45, 2.75) is 40.2 Å². The van der Waals surface area contributed by atoms with E-state index in [9.17, 15) is 9.59 Å². The highest BCUT2D eigenvalue weighted by Gasteiger charge is 2.14. The number of carbonyl (C=O) groups excluding carboxylic acids is 2. The Morgan fingerprint density at radius 2 is 1.67 bits per heavy atom. The molecule has 0 aromatic carbocycles. The molecular weight excluding hydrogens is 156 g/mol. The molecule has 0 fully saturated rings. The van der Waals surface area contributed by atoms with Gasteiger partial charge in [0.25, 0.3) is 0 Å². The second-order valence-corrected chi connectivity index (χ2v) is 3.34. The molecule has 0 aromatic rings. The van der Waals surface area contributed by atoms with Crippen LogP contribution < -0.4 is 0 Å². The number of ketones is 1. The Morgan fingerprint density at radius 1 is 1.17 bits per heavy atom. The van der Waals surface area contributed by atoms with E-state index in [1.165, 1.54) is 0 Å². The fourth-order valence-electron chi connectivity index (χ4n) is 0.651. The quantitative estimate of drug-likeness (QED) is 0.477. The first-order valence-electron chi connectivity index (χ1n) is 4.15. The van der Waals surface area contributed by atoms with Crippen LogP contribution in [0, 0.1) is 5.92 Å². The van der Waals surface area contributed by atoms with Crippen LogP contribution in [0.3, 0.4) is 0 Å². The number of carbonyl (C=O) groups is 2. The Hall–Kier alpha value is -0.860. The molecule has 0 aliphatic rings. The molecule has 0 amide bonds. The van der Waals surface area contributed by atoms with Crippen molar-refractivity contribution in [1.29, 1.82) is 0 Å². The molecule has 3 nitrogen and oxygen atoms in total. The molecule has 0 aliphatic heterocycles. The van der Waals surface area contributed by atoms with Gasteiger partial charge in [-0.1, -0.05) is 13.8 Å². The molecule has 0 N–H and O–H groups in total. The third-order valence-electron chi connectivity index (χ3n) is 1.33. The Kier molecular flexibility index (Phi) is 4.55. The molecule has 0 unspecified atom stereocenters. The van der Waals surface area contributed by atoms with Crippen LogP contribution in [0.1, 0.15) is 34.1 Å². The average molecular weight is 172 g/mol. The first kappa shape index (κ1) is 11.1. The SMILES string of the molecule is CC(C)OC(=O)CC(=O)C(C)C. The van der Waals surface area contributed by atoms with Crippen LogP contribution in [0.15, 0.2) is 0 Å². The molecule has 0 heterocycles. The summed E-state index contributed by atoms with van der Waals surface area (Å²) >= 11 is 0. The van der Waals surface area contributed by atoms with E-state index in [1.807, 2.05) is 0 Å². The molecule has 0 saturated heterocycles. The smallest absolute Gasteiger partial charge is 0.313 e. The third kappa shape index (κ3) is 4.88. The van der Waals surface area contributed by atoms with Gasteiger partial charge in [0.05, 0.1) is 6.10 Å². The zero-order chi connectivity index (χ0) is 9.72. The van der Waals surface area contributed by atoms with Gasteiger partial charge < -0.3 is 4.74 Å². The summed E-state index contributed by atoms with van der Waals surface area (Å²) in [5.74, 6) is -0.589. The molecule has 0 saturated carbocycles. The van der Waals surface area contributed by atoms with E-state index in [2.05, 4.69) is 0 Å². The molecule has 0 radical (unpaired) electrons. The number of ether oxygens (including phenoxy) is 1. The largest absolute Gasteiger partial charge is 0.463 e. The van der Waals surface area contributed by atoms with Crippen LogP contribution in [0.2, 0.25) is 0 Å². The number of esters is 1. The van der Waals surface area contributed by atoms with Crippen molar-refractivity contribution in [3.63, 3.8) is 0 Å². The van der Waals surface area contributed by atoms with E-state index >= 15 is 0 Å². The Bertz CT molecular complexity index is 171. The lowest BCUT2D eigenvalue weighted by Gasteiger charge is -2.07. The summed E-state index contributed by atoms with van der Waals surface area (Å²) in [5.41, 5.74) is 0. The van der Waals surface area contributed by atoms with Gasteiger partial charge in [0.1, 0.15) is 12.2 Å². The molecule has 0 aliphatic carbocycles. The van der Waals surface area contributed by atoms with Gasteiger partial charge in [0.15, 0.2) is 0 Å². The normalized spacial score (nSPS) is 10.5.